The normalized spacial score (nSPS) is 16.3. The monoisotopic (exact) mass is 260 g/mol. The summed E-state index contributed by atoms with van der Waals surface area (Å²) in [7, 11) is 0. The average molecular weight is 260 g/mol. The lowest BCUT2D eigenvalue weighted by molar-refractivity contribution is -0.0563. The Bertz CT molecular complexity index is 86.7. The molecule has 6 heteroatoms. The Hall–Kier alpha value is 0.380. The van der Waals surface area contributed by atoms with Gasteiger partial charge in [-0.15, -0.1) is 0 Å². The van der Waals surface area contributed by atoms with Gasteiger partial charge in [-0.3, -0.25) is 0 Å². The number of rotatable bonds is 2. The second kappa shape index (κ2) is 2.98. The summed E-state index contributed by atoms with van der Waals surface area (Å²) >= 11 is 0.330. The van der Waals surface area contributed by atoms with Gasteiger partial charge in [-0.25, -0.2) is 13.2 Å². The zero-order valence-electron chi connectivity index (χ0n) is 3.92. The quantitative estimate of drug-likeness (QED) is 0.406. The Labute approximate surface area is 61.6 Å². The minimum Gasteiger partial charge on any atom is -0.233 e. The lowest BCUT2D eigenvalue weighted by atomic mass is 10.4. The first-order chi connectivity index (χ1) is 3.85. The van der Waals surface area contributed by atoms with Crippen LogP contribution in [0.2, 0.25) is 0 Å². The van der Waals surface area contributed by atoms with Crippen LogP contribution in [0, 0.1) is 0 Å². The molecule has 0 bridgehead atoms. The van der Waals surface area contributed by atoms with Gasteiger partial charge in [0.15, 0.2) is 0 Å². The summed E-state index contributed by atoms with van der Waals surface area (Å²) in [6, 6.07) is 0. The van der Waals surface area contributed by atoms with E-state index in [1.54, 1.807) is 0 Å². The van der Waals surface area contributed by atoms with Crippen molar-refractivity contribution in [2.45, 2.75) is 16.5 Å². The van der Waals surface area contributed by atoms with Gasteiger partial charge in [-0.1, -0.05) is 0 Å². The van der Waals surface area contributed by atoms with Gasteiger partial charge in [0.05, 0.1) is 0 Å². The fraction of sp³-hybridized carbons (Fsp3) is 1.00. The van der Waals surface area contributed by atoms with E-state index in [2.05, 4.69) is 0 Å². The maximum atomic E-state index is 11.5. The van der Waals surface area contributed by atoms with Gasteiger partial charge in [0.1, 0.15) is 0 Å². The van der Waals surface area contributed by atoms with Crippen LogP contribution in [0.15, 0.2) is 0 Å². The van der Waals surface area contributed by atoms with Gasteiger partial charge >= 0.3 is 3.93 Å². The van der Waals surface area contributed by atoms with Crippen LogP contribution in [-0.2, 0) is 0 Å². The van der Waals surface area contributed by atoms with E-state index < -0.39 is 16.5 Å². The van der Waals surface area contributed by atoms with E-state index in [1.165, 1.54) is 0 Å². The van der Waals surface area contributed by atoms with Crippen LogP contribution in [0.3, 0.4) is 0 Å². The molecule has 0 aromatic heterocycles. The Kier molecular flexibility index (Phi) is 3.10. The molecule has 0 saturated heterocycles. The highest BCUT2D eigenvalue weighted by Crippen LogP contribution is 2.32. The number of hydrogen-bond acceptors (Lipinski definition) is 0. The van der Waals surface area contributed by atoms with Crippen molar-refractivity contribution in [2.24, 2.45) is 0 Å². The van der Waals surface area contributed by atoms with Gasteiger partial charge in [0, 0.05) is 22.6 Å². The van der Waals surface area contributed by atoms with Crippen LogP contribution >= 0.6 is 22.6 Å². The standard InChI is InChI=1S/C3H2F5I/c4-1(2(5)6)3(7,8)9/h1-2H. The maximum Gasteiger partial charge on any atom is 0.332 e. The molecule has 0 radical (unpaired) electrons. The van der Waals surface area contributed by atoms with Crippen LogP contribution in [0.1, 0.15) is 0 Å². The van der Waals surface area contributed by atoms with E-state index in [0.29, 0.717) is 22.6 Å². The van der Waals surface area contributed by atoms with Crippen molar-refractivity contribution in [3.63, 3.8) is 0 Å². The Morgan fingerprint density at radius 1 is 1.11 bits per heavy atom. The summed E-state index contributed by atoms with van der Waals surface area (Å²) in [5.74, 6) is 0. The van der Waals surface area contributed by atoms with Crippen LogP contribution in [-0.4, -0.2) is 16.5 Å². The molecule has 1 unspecified atom stereocenters. The summed E-state index contributed by atoms with van der Waals surface area (Å²) in [6.45, 7) is 0. The Morgan fingerprint density at radius 3 is 1.44 bits per heavy atom. The largest absolute Gasteiger partial charge is 0.332 e. The van der Waals surface area contributed by atoms with E-state index in [1.807, 2.05) is 0 Å². The lowest BCUT2D eigenvalue weighted by Gasteiger charge is -2.11. The zero-order valence-corrected chi connectivity index (χ0v) is 6.08. The average Bonchev–Trinajstić information content (AvgIpc) is 1.62. The maximum absolute atomic E-state index is 11.5. The minimum absolute atomic E-state index is 0.330. The molecule has 0 nitrogen and oxygen atoms in total. The highest BCUT2D eigenvalue weighted by Gasteiger charge is 2.43. The number of halogens is 6. The van der Waals surface area contributed by atoms with Crippen molar-refractivity contribution in [1.29, 1.82) is 0 Å². The molecule has 0 aliphatic rings. The number of alkyl halides is 6. The number of hydrogen-bond donors (Lipinski definition) is 0. The fourth-order valence-corrected chi connectivity index (χ4v) is 0.415. The molecule has 0 aromatic rings. The highest BCUT2D eigenvalue weighted by atomic mass is 127. The molecule has 0 heterocycles. The molecule has 1 atom stereocenters. The molecule has 0 N–H and O–H groups in total. The summed E-state index contributed by atoms with van der Waals surface area (Å²) in [5, 5.41) is 0. The second-order valence-electron chi connectivity index (χ2n) is 1.28. The summed E-state index contributed by atoms with van der Waals surface area (Å²) in [4.78, 5) is 0. The lowest BCUT2D eigenvalue weighted by Crippen LogP contribution is -2.29. The third kappa shape index (κ3) is 3.17. The molecule has 9 heavy (non-hydrogen) atoms. The first kappa shape index (κ1) is 9.38. The van der Waals surface area contributed by atoms with E-state index >= 15 is 0 Å². The SMILES string of the molecule is FC(F)C(F)C(F)(F)I. The summed E-state index contributed by atoms with van der Waals surface area (Å²) in [6.07, 6.45) is -6.98. The third-order valence-electron chi connectivity index (χ3n) is 0.534. The van der Waals surface area contributed by atoms with E-state index in [9.17, 15) is 22.0 Å². The smallest absolute Gasteiger partial charge is 0.233 e. The fourth-order valence-electron chi connectivity index (χ4n) is 0.143. The minimum atomic E-state index is -3.97. The molecule has 0 aliphatic heterocycles. The summed E-state index contributed by atoms with van der Waals surface area (Å²) < 4.78 is 52.7. The Morgan fingerprint density at radius 2 is 1.44 bits per heavy atom. The predicted octanol–water partition coefficient (Wildman–Crippen LogP) is 2.62. The molecule has 0 amide bonds. The molecule has 0 aliphatic carbocycles. The van der Waals surface area contributed by atoms with Crippen molar-refractivity contribution in [3.05, 3.63) is 0 Å². The first-order valence-corrected chi connectivity index (χ1v) is 2.92. The van der Waals surface area contributed by atoms with Gasteiger partial charge in [-0.2, -0.15) is 8.78 Å². The topological polar surface area (TPSA) is 0 Å². The van der Waals surface area contributed by atoms with Crippen LogP contribution in [0.5, 0.6) is 0 Å². The third-order valence-corrected chi connectivity index (χ3v) is 1.13. The molecule has 0 fully saturated rings. The predicted molar refractivity (Wildman–Crippen MR) is 29.9 cm³/mol. The van der Waals surface area contributed by atoms with Crippen molar-refractivity contribution in [2.75, 3.05) is 0 Å². The summed E-state index contributed by atoms with van der Waals surface area (Å²) in [5.41, 5.74) is 0. The molecule has 0 rings (SSSR count). The van der Waals surface area contributed by atoms with Crippen LogP contribution < -0.4 is 0 Å². The van der Waals surface area contributed by atoms with Crippen molar-refractivity contribution in [1.82, 2.24) is 0 Å². The molecule has 56 valence electrons. The molecular weight excluding hydrogens is 258 g/mol. The van der Waals surface area contributed by atoms with Crippen molar-refractivity contribution < 1.29 is 22.0 Å². The van der Waals surface area contributed by atoms with Crippen molar-refractivity contribution >= 4 is 22.6 Å². The van der Waals surface area contributed by atoms with E-state index in [-0.39, 0.29) is 0 Å². The van der Waals surface area contributed by atoms with Crippen LogP contribution in [0.4, 0.5) is 22.0 Å². The van der Waals surface area contributed by atoms with E-state index in [0.717, 1.165) is 0 Å². The van der Waals surface area contributed by atoms with Gasteiger partial charge in [0.2, 0.25) is 6.17 Å². The molecule has 0 saturated carbocycles. The molecule has 0 aromatic carbocycles. The van der Waals surface area contributed by atoms with E-state index in [4.69, 9.17) is 0 Å². The van der Waals surface area contributed by atoms with Crippen LogP contribution in [0.25, 0.3) is 0 Å². The second-order valence-corrected chi connectivity index (χ2v) is 2.72. The van der Waals surface area contributed by atoms with Gasteiger partial charge in [-0.05, 0) is 0 Å². The Balaban J connectivity index is 3.88. The molecule has 0 spiro atoms. The van der Waals surface area contributed by atoms with Gasteiger partial charge < -0.3 is 0 Å². The first-order valence-electron chi connectivity index (χ1n) is 1.84. The molecular formula is C3H2F5I. The zero-order chi connectivity index (χ0) is 7.65. The van der Waals surface area contributed by atoms with Gasteiger partial charge in [0.25, 0.3) is 6.43 Å². The van der Waals surface area contributed by atoms with Crippen molar-refractivity contribution in [3.8, 4) is 0 Å². The highest BCUT2D eigenvalue weighted by molar-refractivity contribution is 14.1.